The SMILES string of the molecule is COC(=O)CC[C@@H](C)[C@H]1CC[C@H]2[C@@H]3[C@H](O)C[C@@H]4C[C@H](OCCC=O)CC[C@]4(C)[C@H]3C[C@H](O)[C@]12C. The zero-order valence-electron chi connectivity index (χ0n) is 21.6. The molecule has 0 aromatic carbocycles. The summed E-state index contributed by atoms with van der Waals surface area (Å²) in [6.07, 6.45) is 8.72. The Hall–Kier alpha value is -0.980. The van der Waals surface area contributed by atoms with Gasteiger partial charge >= 0.3 is 5.97 Å². The highest BCUT2D eigenvalue weighted by Crippen LogP contribution is 2.68. The summed E-state index contributed by atoms with van der Waals surface area (Å²) in [4.78, 5) is 22.4. The Morgan fingerprint density at radius 1 is 1.12 bits per heavy atom. The number of esters is 1. The van der Waals surface area contributed by atoms with Crippen molar-refractivity contribution in [1.29, 1.82) is 0 Å². The fraction of sp³-hybridized carbons (Fsp3) is 0.929. The van der Waals surface area contributed by atoms with Crippen LogP contribution in [0.25, 0.3) is 0 Å². The van der Waals surface area contributed by atoms with E-state index in [0.29, 0.717) is 49.0 Å². The zero-order chi connectivity index (χ0) is 24.7. The van der Waals surface area contributed by atoms with E-state index in [1.54, 1.807) is 0 Å². The van der Waals surface area contributed by atoms with Gasteiger partial charge in [0.25, 0.3) is 0 Å². The van der Waals surface area contributed by atoms with E-state index in [0.717, 1.165) is 57.7 Å². The maximum absolute atomic E-state index is 11.7. The van der Waals surface area contributed by atoms with Gasteiger partial charge in [0.05, 0.1) is 32.0 Å². The summed E-state index contributed by atoms with van der Waals surface area (Å²) in [6, 6.07) is 0. The second kappa shape index (κ2) is 10.2. The summed E-state index contributed by atoms with van der Waals surface area (Å²) < 4.78 is 10.8. The smallest absolute Gasteiger partial charge is 0.305 e. The molecule has 0 aromatic rings. The molecule has 0 saturated heterocycles. The molecule has 4 rings (SSSR count). The lowest BCUT2D eigenvalue weighted by Gasteiger charge is -2.63. The highest BCUT2D eigenvalue weighted by molar-refractivity contribution is 5.69. The number of carbonyl (C=O) groups excluding carboxylic acids is 2. The van der Waals surface area contributed by atoms with Crippen molar-refractivity contribution in [2.45, 2.75) is 103 Å². The number of aliphatic hydroxyl groups excluding tert-OH is 2. The van der Waals surface area contributed by atoms with Crippen molar-refractivity contribution >= 4 is 12.3 Å². The number of aliphatic hydroxyl groups is 2. The van der Waals surface area contributed by atoms with Gasteiger partial charge in [-0.05, 0) is 97.7 Å². The number of aldehydes is 1. The highest BCUT2D eigenvalue weighted by atomic mass is 16.5. The van der Waals surface area contributed by atoms with Crippen molar-refractivity contribution in [3.05, 3.63) is 0 Å². The molecule has 4 aliphatic rings. The van der Waals surface area contributed by atoms with Gasteiger partial charge in [-0.25, -0.2) is 0 Å². The van der Waals surface area contributed by atoms with Gasteiger partial charge in [-0.2, -0.15) is 0 Å². The Bertz CT molecular complexity index is 740. The Morgan fingerprint density at radius 3 is 2.59 bits per heavy atom. The van der Waals surface area contributed by atoms with Crippen molar-refractivity contribution < 1.29 is 29.3 Å². The lowest BCUT2D eigenvalue weighted by molar-refractivity contribution is -0.209. The number of carbonyl (C=O) groups is 2. The van der Waals surface area contributed by atoms with Gasteiger partial charge in [-0.3, -0.25) is 4.79 Å². The van der Waals surface area contributed by atoms with Crippen LogP contribution in [-0.2, 0) is 19.1 Å². The summed E-state index contributed by atoms with van der Waals surface area (Å²) in [7, 11) is 1.44. The molecular weight excluding hydrogens is 432 g/mol. The van der Waals surface area contributed by atoms with Crippen LogP contribution < -0.4 is 0 Å². The molecule has 0 unspecified atom stereocenters. The van der Waals surface area contributed by atoms with Crippen molar-refractivity contribution in [3.63, 3.8) is 0 Å². The minimum absolute atomic E-state index is 0.116. The number of hydrogen-bond acceptors (Lipinski definition) is 6. The average Bonchev–Trinajstić information content (AvgIpc) is 3.17. The highest BCUT2D eigenvalue weighted by Gasteiger charge is 2.65. The first-order valence-electron chi connectivity index (χ1n) is 13.6. The van der Waals surface area contributed by atoms with Crippen molar-refractivity contribution in [3.8, 4) is 0 Å². The van der Waals surface area contributed by atoms with E-state index in [4.69, 9.17) is 9.47 Å². The van der Waals surface area contributed by atoms with E-state index in [-0.39, 0.29) is 41.0 Å². The maximum Gasteiger partial charge on any atom is 0.305 e. The van der Waals surface area contributed by atoms with E-state index >= 15 is 0 Å². The monoisotopic (exact) mass is 478 g/mol. The molecule has 0 amide bonds. The van der Waals surface area contributed by atoms with Crippen LogP contribution >= 0.6 is 0 Å². The lowest BCUT2D eigenvalue weighted by atomic mass is 9.43. The first-order valence-corrected chi connectivity index (χ1v) is 13.6. The minimum Gasteiger partial charge on any atom is -0.469 e. The Balaban J connectivity index is 1.50. The zero-order valence-corrected chi connectivity index (χ0v) is 21.6. The van der Waals surface area contributed by atoms with E-state index in [9.17, 15) is 19.8 Å². The molecule has 34 heavy (non-hydrogen) atoms. The number of hydrogen-bond donors (Lipinski definition) is 2. The summed E-state index contributed by atoms with van der Waals surface area (Å²) in [6.45, 7) is 7.38. The van der Waals surface area contributed by atoms with Gasteiger partial charge in [0.2, 0.25) is 0 Å². The molecule has 4 saturated carbocycles. The molecule has 0 bridgehead atoms. The lowest BCUT2D eigenvalue weighted by Crippen LogP contribution is -2.62. The summed E-state index contributed by atoms with van der Waals surface area (Å²) >= 11 is 0. The largest absolute Gasteiger partial charge is 0.469 e. The van der Waals surface area contributed by atoms with Crippen LogP contribution in [0.3, 0.4) is 0 Å². The fourth-order valence-corrected chi connectivity index (χ4v) is 9.20. The van der Waals surface area contributed by atoms with Crippen LogP contribution in [0.4, 0.5) is 0 Å². The van der Waals surface area contributed by atoms with E-state index in [2.05, 4.69) is 20.8 Å². The van der Waals surface area contributed by atoms with Crippen LogP contribution in [0.15, 0.2) is 0 Å². The van der Waals surface area contributed by atoms with E-state index in [1.807, 2.05) is 0 Å². The first-order chi connectivity index (χ1) is 16.2. The summed E-state index contributed by atoms with van der Waals surface area (Å²) in [5.74, 6) is 1.81. The molecule has 4 aliphatic carbocycles. The molecule has 0 aromatic heterocycles. The fourth-order valence-electron chi connectivity index (χ4n) is 9.20. The van der Waals surface area contributed by atoms with Crippen LogP contribution in [0.2, 0.25) is 0 Å². The number of ether oxygens (including phenoxy) is 2. The Labute approximate surface area is 205 Å². The van der Waals surface area contributed by atoms with Gasteiger partial charge < -0.3 is 24.5 Å². The quantitative estimate of drug-likeness (QED) is 0.309. The van der Waals surface area contributed by atoms with Crippen molar-refractivity contribution in [1.82, 2.24) is 0 Å². The molecule has 2 N–H and O–H groups in total. The number of methoxy groups -OCH3 is 1. The molecule has 6 heteroatoms. The molecule has 0 radical (unpaired) electrons. The molecule has 11 atom stereocenters. The molecule has 4 fully saturated rings. The third kappa shape index (κ3) is 4.37. The Morgan fingerprint density at radius 2 is 1.88 bits per heavy atom. The van der Waals surface area contributed by atoms with Gasteiger partial charge in [-0.1, -0.05) is 20.8 Å². The summed E-state index contributed by atoms with van der Waals surface area (Å²) in [5.41, 5.74) is -0.0959. The maximum atomic E-state index is 11.7. The van der Waals surface area contributed by atoms with Gasteiger partial charge in [0.1, 0.15) is 6.29 Å². The standard InChI is InChI=1S/C28H46O6/c1-17(6-9-25(32)33-4)20-7-8-21-26-22(16-24(31)28(20,21)3)27(2)11-10-19(34-13-5-12-29)14-18(27)15-23(26)30/h12,17-24,26,30-31H,5-11,13-16H2,1-4H3/t17-,18+,19-,20-,21+,22+,23-,24+,26+,27+,28-/m1/s1. The third-order valence-corrected chi connectivity index (χ3v) is 11.1. The van der Waals surface area contributed by atoms with Gasteiger partial charge in [-0.15, -0.1) is 0 Å². The van der Waals surface area contributed by atoms with E-state index < -0.39 is 0 Å². The van der Waals surface area contributed by atoms with Crippen LogP contribution in [0.5, 0.6) is 0 Å². The Kier molecular flexibility index (Phi) is 7.81. The van der Waals surface area contributed by atoms with Crippen molar-refractivity contribution in [2.75, 3.05) is 13.7 Å². The molecule has 0 spiro atoms. The van der Waals surface area contributed by atoms with Crippen LogP contribution in [-0.4, -0.2) is 54.5 Å². The topological polar surface area (TPSA) is 93.1 Å². The molecule has 6 nitrogen and oxygen atoms in total. The van der Waals surface area contributed by atoms with Crippen molar-refractivity contribution in [2.24, 2.45) is 46.3 Å². The average molecular weight is 479 g/mol. The van der Waals surface area contributed by atoms with Gasteiger partial charge in [0, 0.05) is 12.8 Å². The normalized spacial score (nSPS) is 46.6. The minimum atomic E-state index is -0.379. The van der Waals surface area contributed by atoms with Gasteiger partial charge in [0.15, 0.2) is 0 Å². The number of fused-ring (bicyclic) bond motifs is 5. The molecule has 0 heterocycles. The number of rotatable bonds is 8. The third-order valence-electron chi connectivity index (χ3n) is 11.1. The van der Waals surface area contributed by atoms with Crippen LogP contribution in [0.1, 0.15) is 85.0 Å². The van der Waals surface area contributed by atoms with E-state index in [1.165, 1.54) is 7.11 Å². The molecule has 0 aliphatic heterocycles. The predicted octanol–water partition coefficient (Wildman–Crippen LogP) is 4.15. The van der Waals surface area contributed by atoms with Crippen LogP contribution in [0, 0.1) is 46.3 Å². The molecule has 194 valence electrons. The summed E-state index contributed by atoms with van der Waals surface area (Å²) in [5, 5.41) is 23.2. The first kappa shape index (κ1) is 26.1. The predicted molar refractivity (Wildman–Crippen MR) is 129 cm³/mol. The molecular formula is C28H46O6. The second-order valence-corrected chi connectivity index (χ2v) is 12.4. The second-order valence-electron chi connectivity index (χ2n) is 12.4.